The van der Waals surface area contributed by atoms with Crippen LogP contribution in [0.25, 0.3) is 0 Å². The first kappa shape index (κ1) is 12.5. The van der Waals surface area contributed by atoms with E-state index in [-0.39, 0.29) is 6.04 Å². The number of likely N-dealkylation sites (tertiary alicyclic amines) is 1. The smallest absolute Gasteiger partial charge is 0.320 e. The van der Waals surface area contributed by atoms with E-state index >= 15 is 0 Å². The third kappa shape index (κ3) is 4.18. The van der Waals surface area contributed by atoms with Crippen LogP contribution in [0.2, 0.25) is 0 Å². The molecule has 1 aliphatic heterocycles. The van der Waals surface area contributed by atoms with Gasteiger partial charge in [0.1, 0.15) is 6.04 Å². The first-order valence-corrected chi connectivity index (χ1v) is 5.78. The Labute approximate surface area is 91.6 Å². The highest BCUT2D eigenvalue weighted by Gasteiger charge is 2.24. The molecule has 0 aromatic heterocycles. The van der Waals surface area contributed by atoms with Gasteiger partial charge in [0.05, 0.1) is 0 Å². The van der Waals surface area contributed by atoms with E-state index in [2.05, 4.69) is 17.3 Å². The maximum absolute atomic E-state index is 11.0. The molecular formula is C11H22N2O2. The Morgan fingerprint density at radius 1 is 1.67 bits per heavy atom. The van der Waals surface area contributed by atoms with Crippen molar-refractivity contribution in [1.29, 1.82) is 0 Å². The van der Waals surface area contributed by atoms with Crippen LogP contribution >= 0.6 is 0 Å². The van der Waals surface area contributed by atoms with E-state index in [9.17, 15) is 4.79 Å². The predicted molar refractivity (Wildman–Crippen MR) is 59.9 cm³/mol. The van der Waals surface area contributed by atoms with Crippen LogP contribution in [0.4, 0.5) is 0 Å². The van der Waals surface area contributed by atoms with Gasteiger partial charge < -0.3 is 15.3 Å². The first-order chi connectivity index (χ1) is 7.13. The Morgan fingerprint density at radius 3 is 2.93 bits per heavy atom. The molecule has 0 amide bonds. The molecule has 0 aliphatic carbocycles. The number of nitrogens with zero attached hydrogens (tertiary/aromatic N) is 1. The van der Waals surface area contributed by atoms with Crippen LogP contribution in [-0.2, 0) is 4.79 Å². The van der Waals surface area contributed by atoms with Crippen molar-refractivity contribution in [1.82, 2.24) is 10.2 Å². The quantitative estimate of drug-likeness (QED) is 0.710. The minimum Gasteiger partial charge on any atom is -0.480 e. The molecule has 2 unspecified atom stereocenters. The fourth-order valence-electron chi connectivity index (χ4n) is 2.32. The van der Waals surface area contributed by atoms with Crippen LogP contribution in [0.1, 0.15) is 26.2 Å². The number of hydrogen-bond acceptors (Lipinski definition) is 3. The number of rotatable bonds is 5. The van der Waals surface area contributed by atoms with Crippen molar-refractivity contribution in [3.8, 4) is 0 Å². The number of carboxylic acids is 1. The van der Waals surface area contributed by atoms with Gasteiger partial charge >= 0.3 is 5.97 Å². The molecule has 1 heterocycles. The summed E-state index contributed by atoms with van der Waals surface area (Å²) in [5.41, 5.74) is 0. The molecule has 88 valence electrons. The minimum absolute atomic E-state index is 0.369. The fraction of sp³-hybridized carbons (Fsp3) is 0.909. The molecule has 0 bridgehead atoms. The van der Waals surface area contributed by atoms with E-state index < -0.39 is 5.97 Å². The molecule has 0 radical (unpaired) electrons. The standard InChI is InChI=1S/C11H22N2O2/c1-3-12-10(11(14)15)7-9-5-4-6-13(2)8-9/h9-10,12H,3-8H2,1-2H3,(H,14,15). The highest BCUT2D eigenvalue weighted by atomic mass is 16.4. The average Bonchev–Trinajstić information content (AvgIpc) is 2.17. The van der Waals surface area contributed by atoms with Crippen molar-refractivity contribution < 1.29 is 9.90 Å². The summed E-state index contributed by atoms with van der Waals surface area (Å²) in [7, 11) is 2.11. The lowest BCUT2D eigenvalue weighted by Gasteiger charge is -2.31. The normalized spacial score (nSPS) is 25.1. The molecule has 15 heavy (non-hydrogen) atoms. The fourth-order valence-corrected chi connectivity index (χ4v) is 2.32. The largest absolute Gasteiger partial charge is 0.480 e. The summed E-state index contributed by atoms with van der Waals surface area (Å²) in [5.74, 6) is -0.186. The van der Waals surface area contributed by atoms with Gasteiger partial charge in [0.15, 0.2) is 0 Å². The number of hydrogen-bond donors (Lipinski definition) is 2. The SMILES string of the molecule is CCNC(CC1CCCN(C)C1)C(=O)O. The summed E-state index contributed by atoms with van der Waals surface area (Å²) >= 11 is 0. The van der Waals surface area contributed by atoms with Gasteiger partial charge in [0.25, 0.3) is 0 Å². The Kier molecular flexibility index (Phi) is 5.05. The summed E-state index contributed by atoms with van der Waals surface area (Å²) in [4.78, 5) is 13.3. The van der Waals surface area contributed by atoms with E-state index in [1.165, 1.54) is 12.8 Å². The highest BCUT2D eigenvalue weighted by Crippen LogP contribution is 2.20. The third-order valence-corrected chi connectivity index (χ3v) is 3.04. The van der Waals surface area contributed by atoms with E-state index in [4.69, 9.17) is 5.11 Å². The van der Waals surface area contributed by atoms with Crippen LogP contribution in [0.5, 0.6) is 0 Å². The summed E-state index contributed by atoms with van der Waals surface area (Å²) in [5, 5.41) is 12.1. The summed E-state index contributed by atoms with van der Waals surface area (Å²) in [6, 6.07) is -0.369. The number of carboxylic acid groups (broad SMARTS) is 1. The highest BCUT2D eigenvalue weighted by molar-refractivity contribution is 5.73. The molecule has 1 saturated heterocycles. The molecule has 4 nitrogen and oxygen atoms in total. The van der Waals surface area contributed by atoms with Gasteiger partial charge in [-0.3, -0.25) is 4.79 Å². The Morgan fingerprint density at radius 2 is 2.40 bits per heavy atom. The van der Waals surface area contributed by atoms with Crippen LogP contribution in [-0.4, -0.2) is 48.7 Å². The molecule has 2 N–H and O–H groups in total. The van der Waals surface area contributed by atoms with E-state index in [1.807, 2.05) is 6.92 Å². The molecule has 0 spiro atoms. The topological polar surface area (TPSA) is 52.6 Å². The van der Waals surface area contributed by atoms with Gasteiger partial charge in [-0.25, -0.2) is 0 Å². The van der Waals surface area contributed by atoms with E-state index in [0.29, 0.717) is 5.92 Å². The lowest BCUT2D eigenvalue weighted by Crippen LogP contribution is -2.41. The Hall–Kier alpha value is -0.610. The molecule has 1 fully saturated rings. The van der Waals surface area contributed by atoms with Crippen molar-refractivity contribution in [3.63, 3.8) is 0 Å². The zero-order chi connectivity index (χ0) is 11.3. The second-order valence-electron chi connectivity index (χ2n) is 4.45. The summed E-state index contributed by atoms with van der Waals surface area (Å²) in [6.07, 6.45) is 3.12. The van der Waals surface area contributed by atoms with Crippen molar-refractivity contribution >= 4 is 5.97 Å². The number of nitrogens with one attached hydrogen (secondary N) is 1. The van der Waals surface area contributed by atoms with Gasteiger partial charge in [-0.05, 0) is 45.3 Å². The van der Waals surface area contributed by atoms with Gasteiger partial charge in [0, 0.05) is 6.54 Å². The van der Waals surface area contributed by atoms with Crippen molar-refractivity contribution in [2.75, 3.05) is 26.7 Å². The maximum Gasteiger partial charge on any atom is 0.320 e. The molecule has 1 aliphatic rings. The lowest BCUT2D eigenvalue weighted by atomic mass is 9.91. The predicted octanol–water partition coefficient (Wildman–Crippen LogP) is 0.781. The van der Waals surface area contributed by atoms with Gasteiger partial charge in [-0.15, -0.1) is 0 Å². The van der Waals surface area contributed by atoms with Crippen LogP contribution in [0.3, 0.4) is 0 Å². The summed E-state index contributed by atoms with van der Waals surface area (Å²) in [6.45, 7) is 4.85. The van der Waals surface area contributed by atoms with E-state index in [1.54, 1.807) is 0 Å². The third-order valence-electron chi connectivity index (χ3n) is 3.04. The number of carbonyl (C=O) groups is 1. The Bertz CT molecular complexity index is 209. The molecular weight excluding hydrogens is 192 g/mol. The van der Waals surface area contributed by atoms with Crippen LogP contribution in [0, 0.1) is 5.92 Å². The monoisotopic (exact) mass is 214 g/mol. The average molecular weight is 214 g/mol. The summed E-state index contributed by atoms with van der Waals surface area (Å²) < 4.78 is 0. The zero-order valence-electron chi connectivity index (χ0n) is 9.70. The second-order valence-corrected chi connectivity index (χ2v) is 4.45. The molecule has 4 heteroatoms. The van der Waals surface area contributed by atoms with Crippen LogP contribution < -0.4 is 5.32 Å². The van der Waals surface area contributed by atoms with Crippen molar-refractivity contribution in [2.24, 2.45) is 5.92 Å². The maximum atomic E-state index is 11.0. The molecule has 1 rings (SSSR count). The first-order valence-electron chi connectivity index (χ1n) is 5.78. The van der Waals surface area contributed by atoms with Gasteiger partial charge in [-0.2, -0.15) is 0 Å². The molecule has 0 aromatic carbocycles. The number of piperidine rings is 1. The second kappa shape index (κ2) is 6.08. The van der Waals surface area contributed by atoms with Crippen LogP contribution in [0.15, 0.2) is 0 Å². The number of likely N-dealkylation sites (N-methyl/N-ethyl adjacent to an activating group) is 1. The molecule has 0 saturated carbocycles. The van der Waals surface area contributed by atoms with Crippen molar-refractivity contribution in [2.45, 2.75) is 32.2 Å². The molecule has 0 aromatic rings. The number of aliphatic carboxylic acids is 1. The minimum atomic E-state index is -0.718. The molecule has 2 atom stereocenters. The lowest BCUT2D eigenvalue weighted by molar-refractivity contribution is -0.140. The Balaban J connectivity index is 2.39. The van der Waals surface area contributed by atoms with Crippen molar-refractivity contribution in [3.05, 3.63) is 0 Å². The van der Waals surface area contributed by atoms with E-state index in [0.717, 1.165) is 26.1 Å². The zero-order valence-corrected chi connectivity index (χ0v) is 9.70. The van der Waals surface area contributed by atoms with Gasteiger partial charge in [-0.1, -0.05) is 6.92 Å². The van der Waals surface area contributed by atoms with Gasteiger partial charge in [0.2, 0.25) is 0 Å².